The summed E-state index contributed by atoms with van der Waals surface area (Å²) in [5.74, 6) is -0.518. The van der Waals surface area contributed by atoms with Crippen LogP contribution in [0.1, 0.15) is 101 Å². The summed E-state index contributed by atoms with van der Waals surface area (Å²) in [7, 11) is 0. The molecule has 442 valence electrons. The third-order valence-electron chi connectivity index (χ3n) is 18.0. The molecule has 4 N–H and O–H groups in total. The molecule has 1 unspecified atom stereocenters. The summed E-state index contributed by atoms with van der Waals surface area (Å²) in [6.07, 6.45) is 8.18. The van der Waals surface area contributed by atoms with Crippen molar-refractivity contribution >= 4 is 65.0 Å². The lowest BCUT2D eigenvalue weighted by atomic mass is 9.86. The van der Waals surface area contributed by atoms with Gasteiger partial charge in [-0.25, -0.2) is 9.48 Å². The minimum atomic E-state index is -4.03. The van der Waals surface area contributed by atoms with E-state index in [0.29, 0.717) is 79.3 Å². The highest BCUT2D eigenvalue weighted by atomic mass is 19.2. The van der Waals surface area contributed by atoms with Crippen LogP contribution in [0.5, 0.6) is 0 Å². The molecule has 4 aromatic carbocycles. The van der Waals surface area contributed by atoms with Crippen LogP contribution >= 0.6 is 0 Å². The molecule has 5 heterocycles. The third kappa shape index (κ3) is 12.2. The van der Waals surface area contributed by atoms with Gasteiger partial charge in [0.25, 0.3) is 5.91 Å². The van der Waals surface area contributed by atoms with Crippen molar-refractivity contribution in [2.75, 3.05) is 64.5 Å². The van der Waals surface area contributed by atoms with Crippen LogP contribution in [0.15, 0.2) is 109 Å². The van der Waals surface area contributed by atoms with Crippen molar-refractivity contribution in [1.29, 1.82) is 0 Å². The molecule has 1 saturated heterocycles. The molecule has 0 radical (unpaired) electrons. The van der Waals surface area contributed by atoms with Gasteiger partial charge in [-0.1, -0.05) is 65.9 Å². The molecule has 3 aliphatic carbocycles. The molecule has 21 heteroatoms. The molecular weight excluding hydrogens is 1090 g/mol. The van der Waals surface area contributed by atoms with E-state index in [1.807, 2.05) is 60.1 Å². The van der Waals surface area contributed by atoms with Crippen LogP contribution in [0.25, 0.3) is 27.5 Å². The highest BCUT2D eigenvalue weighted by Crippen LogP contribution is 2.53. The zero-order valence-corrected chi connectivity index (χ0v) is 48.0. The fraction of sp³-hybridized carbons (Fsp3) is 0.406. The molecule has 4 amide bonds. The fourth-order valence-corrected chi connectivity index (χ4v) is 13.6. The quantitative estimate of drug-likeness (QED) is 0.0401. The lowest BCUT2D eigenvalue weighted by Crippen LogP contribution is -2.50. The second-order valence-corrected chi connectivity index (χ2v) is 23.3. The van der Waals surface area contributed by atoms with E-state index >= 15 is 8.63 Å². The summed E-state index contributed by atoms with van der Waals surface area (Å²) >= 11 is 0. The minimum absolute atomic E-state index is 0.0440. The van der Waals surface area contributed by atoms with E-state index in [0.717, 1.165) is 110 Å². The van der Waals surface area contributed by atoms with Gasteiger partial charge in [0.2, 0.25) is 11.8 Å². The number of ether oxygens (including phenoxy) is 3. The van der Waals surface area contributed by atoms with Crippen molar-refractivity contribution in [2.45, 2.75) is 90.1 Å². The molecule has 18 nitrogen and oxygen atoms in total. The first-order chi connectivity index (χ1) is 41.3. The maximum atomic E-state index is 15.5. The fourth-order valence-electron chi connectivity index (χ4n) is 13.6. The van der Waals surface area contributed by atoms with Crippen LogP contribution in [0.2, 0.25) is 0 Å². The second kappa shape index (κ2) is 24.7. The van der Waals surface area contributed by atoms with Gasteiger partial charge in [-0.2, -0.15) is 0 Å². The van der Waals surface area contributed by atoms with Crippen molar-refractivity contribution in [3.63, 3.8) is 0 Å². The zero-order valence-electron chi connectivity index (χ0n) is 48.0. The van der Waals surface area contributed by atoms with E-state index in [2.05, 4.69) is 60.7 Å². The first kappa shape index (κ1) is 57.2. The van der Waals surface area contributed by atoms with Gasteiger partial charge in [0.05, 0.1) is 37.6 Å². The van der Waals surface area contributed by atoms with Crippen LogP contribution in [0.3, 0.4) is 0 Å². The van der Waals surface area contributed by atoms with E-state index in [4.69, 9.17) is 14.2 Å². The van der Waals surface area contributed by atoms with Gasteiger partial charge in [0, 0.05) is 86.3 Å². The number of benzene rings is 4. The Morgan fingerprint density at radius 2 is 1.56 bits per heavy atom. The number of allylic oxidation sites excluding steroid dienone is 2. The molecule has 2 fully saturated rings. The number of morpholine rings is 1. The summed E-state index contributed by atoms with van der Waals surface area (Å²) in [6.45, 7) is 4.90. The standard InChI is InChI=1S/C64H71BF2N10O8/c1-40-35-41(2)77-61(40)52(57-14-8-28-75(57)65(77,66)67)25-26-68-59(78)23-24-60(79)84-38-53-50-19-21-55-58(22-20-51(50)53)76(73-72-55)29-7-13-56(71-64(82)85-39-54-48-11-5-3-9-46(48)47-10-4-6-12-49(47)54)63(81)70-45-18-17-42-36-44(16-15-43(42)37-45)62(80)69-27-30-74-31-33-83-34-32-74/h3-6,8-12,14-18,28,35-37,50-51,53-54,56H,7,13,19-27,29-34,38-39H2,1-2H3,(H,68,78)(H,69,80)(H,70,81)(H,71,82)/t50-,51+,53-,56?/m0/s1. The number of rotatable bonds is 21. The molecular formula is C64H71BF2N10O8. The van der Waals surface area contributed by atoms with Gasteiger partial charge in [-0.05, 0) is 151 Å². The van der Waals surface area contributed by atoms with Crippen molar-refractivity contribution in [1.82, 2.24) is 40.3 Å². The van der Waals surface area contributed by atoms with Gasteiger partial charge < -0.3 is 53.1 Å². The Kier molecular flexibility index (Phi) is 16.6. The summed E-state index contributed by atoms with van der Waals surface area (Å²) < 4.78 is 52.2. The molecule has 1 saturated carbocycles. The maximum absolute atomic E-state index is 15.5. The Morgan fingerprint density at radius 3 is 2.35 bits per heavy atom. The monoisotopic (exact) mass is 1160 g/mol. The Hall–Kier alpha value is -8.30. The summed E-state index contributed by atoms with van der Waals surface area (Å²) in [5.41, 5.74) is 10.3. The predicted octanol–water partition coefficient (Wildman–Crippen LogP) is 8.11. The molecule has 0 spiro atoms. The lowest BCUT2D eigenvalue weighted by Gasteiger charge is -2.32. The number of aromatic nitrogens is 4. The van der Waals surface area contributed by atoms with Crippen LogP contribution in [0, 0.1) is 31.6 Å². The Labute approximate surface area is 492 Å². The van der Waals surface area contributed by atoms with Crippen LogP contribution in [-0.4, -0.2) is 137 Å². The molecule has 2 aromatic heterocycles. The number of hydrogen-bond acceptors (Lipinski definition) is 11. The normalized spacial score (nSPS) is 19.4. The van der Waals surface area contributed by atoms with Gasteiger partial charge >= 0.3 is 19.0 Å². The summed E-state index contributed by atoms with van der Waals surface area (Å²) in [5, 5.41) is 22.6. The van der Waals surface area contributed by atoms with E-state index in [-0.39, 0.29) is 62.7 Å². The molecule has 4 atom stereocenters. The van der Waals surface area contributed by atoms with Crippen LogP contribution in [0.4, 0.5) is 19.1 Å². The number of carbonyl (C=O) groups excluding carboxylic acids is 5. The zero-order chi connectivity index (χ0) is 58.8. The first-order valence-electron chi connectivity index (χ1n) is 29.9. The number of aryl methyl sites for hydroxylation is 4. The summed E-state index contributed by atoms with van der Waals surface area (Å²) in [4.78, 5) is 69.3. The number of halogens is 2. The topological polar surface area (TPSA) is 203 Å². The average Bonchev–Trinajstić information content (AvgIpc) is 1.79. The van der Waals surface area contributed by atoms with E-state index < -0.39 is 31.0 Å². The Bertz CT molecular complexity index is 3640. The lowest BCUT2D eigenvalue weighted by molar-refractivity contribution is -0.356. The molecule has 85 heavy (non-hydrogen) atoms. The average molecular weight is 1160 g/mol. The third-order valence-corrected chi connectivity index (χ3v) is 18.0. The summed E-state index contributed by atoms with van der Waals surface area (Å²) in [6, 6.07) is 28.0. The van der Waals surface area contributed by atoms with Crippen LogP contribution < -0.4 is 21.3 Å². The number of anilines is 1. The first-order valence-corrected chi connectivity index (χ1v) is 29.9. The number of nitrogens with zero attached hydrogens (tertiary/aromatic N) is 6. The Balaban J connectivity index is 0.627. The molecule has 0 bridgehead atoms. The number of fused-ring (bicyclic) bond motifs is 8. The number of alkyl carbamates (subject to hydrolysis) is 1. The van der Waals surface area contributed by atoms with E-state index in [1.54, 1.807) is 37.3 Å². The highest BCUT2D eigenvalue weighted by Gasteiger charge is 2.53. The highest BCUT2D eigenvalue weighted by molar-refractivity contribution is 6.58. The minimum Gasteiger partial charge on any atom is -0.465 e. The van der Waals surface area contributed by atoms with Crippen molar-refractivity contribution in [2.24, 2.45) is 17.8 Å². The van der Waals surface area contributed by atoms with Crippen molar-refractivity contribution in [3.8, 4) is 11.1 Å². The smallest absolute Gasteiger partial charge is 0.465 e. The number of hydrogen-bond donors (Lipinski definition) is 4. The molecule has 3 aliphatic heterocycles. The van der Waals surface area contributed by atoms with Crippen molar-refractivity contribution in [3.05, 3.63) is 154 Å². The van der Waals surface area contributed by atoms with Crippen LogP contribution in [-0.2, 0) is 48.0 Å². The van der Waals surface area contributed by atoms with Crippen molar-refractivity contribution < 1.29 is 51.3 Å². The molecule has 12 rings (SSSR count). The van der Waals surface area contributed by atoms with E-state index in [1.165, 1.54) is 6.21 Å². The van der Waals surface area contributed by atoms with Gasteiger partial charge in [0.15, 0.2) is 5.70 Å². The number of carbonyl (C=O) groups is 5. The molecule has 6 aromatic rings. The second-order valence-electron chi connectivity index (χ2n) is 23.3. The number of esters is 1. The van der Waals surface area contributed by atoms with Gasteiger partial charge in [-0.15, -0.1) is 5.10 Å². The van der Waals surface area contributed by atoms with Gasteiger partial charge in [0.1, 0.15) is 18.9 Å². The maximum Gasteiger partial charge on any atom is 0.737 e. The predicted molar refractivity (Wildman–Crippen MR) is 318 cm³/mol. The largest absolute Gasteiger partial charge is 0.737 e. The van der Waals surface area contributed by atoms with E-state index in [9.17, 15) is 24.0 Å². The SMILES string of the molecule is Cc1cc(C)n2c1C(CCNC(=O)CCC(=O)OC[C@@H]1[C@@H]3CCc4c(nnn4CCCC(NC(=O)OCC4c5ccccc5-c5ccccc54)C(=O)Nc4ccc5cc(C(=O)NCCN6CCOCC6)ccc5c4)CC[C@@H]31)=C1C=CC=[N+]1[B-]2(F)F. The van der Waals surface area contributed by atoms with Gasteiger partial charge in [-0.3, -0.25) is 24.1 Å². The Morgan fingerprint density at radius 1 is 0.824 bits per heavy atom. The molecule has 6 aliphatic rings. The number of nitrogens with one attached hydrogen (secondary N) is 4. The number of amides is 4.